The Morgan fingerprint density at radius 1 is 1.40 bits per heavy atom. The molecule has 1 unspecified atom stereocenters. The molecule has 0 radical (unpaired) electrons. The molecule has 1 aromatic rings. The van der Waals surface area contributed by atoms with Crippen LogP contribution >= 0.6 is 0 Å². The van der Waals surface area contributed by atoms with E-state index in [0.717, 1.165) is 37.7 Å². The summed E-state index contributed by atoms with van der Waals surface area (Å²) in [6.45, 7) is 9.93. The van der Waals surface area contributed by atoms with Crippen LogP contribution in [0.2, 0.25) is 0 Å². The molecule has 1 atom stereocenters. The highest BCUT2D eigenvalue weighted by Gasteiger charge is 2.23. The van der Waals surface area contributed by atoms with Crippen molar-refractivity contribution in [3.05, 3.63) is 11.8 Å². The fourth-order valence-corrected chi connectivity index (χ4v) is 2.66. The number of nitrogens with zero attached hydrogens (tertiary/aromatic N) is 3. The largest absolute Gasteiger partial charge is 0.478 e. The summed E-state index contributed by atoms with van der Waals surface area (Å²) in [4.78, 5) is 11.5. The highest BCUT2D eigenvalue weighted by Crippen LogP contribution is 2.20. The molecule has 1 aliphatic rings. The maximum absolute atomic E-state index is 5.55. The molecule has 1 saturated heterocycles. The molecule has 20 heavy (non-hydrogen) atoms. The van der Waals surface area contributed by atoms with Gasteiger partial charge in [-0.25, -0.2) is 4.98 Å². The van der Waals surface area contributed by atoms with Gasteiger partial charge in [-0.2, -0.15) is 4.98 Å². The summed E-state index contributed by atoms with van der Waals surface area (Å²) in [5, 5.41) is 3.47. The van der Waals surface area contributed by atoms with Crippen molar-refractivity contribution in [1.82, 2.24) is 15.3 Å². The second kappa shape index (κ2) is 7.43. The van der Waals surface area contributed by atoms with Crippen LogP contribution in [0.5, 0.6) is 5.88 Å². The summed E-state index contributed by atoms with van der Waals surface area (Å²) in [5.41, 5.74) is 0.961. The summed E-state index contributed by atoms with van der Waals surface area (Å²) < 4.78 is 5.55. The summed E-state index contributed by atoms with van der Waals surface area (Å²) in [6, 6.07) is 2.39. The molecule has 112 valence electrons. The fourth-order valence-electron chi connectivity index (χ4n) is 2.66. The number of nitrogens with one attached hydrogen (secondary N) is 1. The van der Waals surface area contributed by atoms with Crippen molar-refractivity contribution in [2.45, 2.75) is 46.1 Å². The molecular formula is C15H26N4O. The first kappa shape index (κ1) is 15.0. The maximum atomic E-state index is 5.55. The lowest BCUT2D eigenvalue weighted by Gasteiger charge is -2.34. The fraction of sp³-hybridized carbons (Fsp3) is 0.733. The van der Waals surface area contributed by atoms with Gasteiger partial charge in [0.15, 0.2) is 0 Å². The van der Waals surface area contributed by atoms with E-state index in [-0.39, 0.29) is 0 Å². The molecule has 1 fully saturated rings. The predicted molar refractivity (Wildman–Crippen MR) is 81.5 cm³/mol. The minimum Gasteiger partial charge on any atom is -0.478 e. The van der Waals surface area contributed by atoms with Crippen molar-refractivity contribution in [1.29, 1.82) is 0 Å². The number of anilines is 1. The van der Waals surface area contributed by atoms with E-state index in [9.17, 15) is 0 Å². The van der Waals surface area contributed by atoms with Gasteiger partial charge in [0.25, 0.3) is 0 Å². The molecule has 0 bridgehead atoms. The van der Waals surface area contributed by atoms with E-state index < -0.39 is 0 Å². The first-order valence-electron chi connectivity index (χ1n) is 7.70. The van der Waals surface area contributed by atoms with Crippen LogP contribution in [0.15, 0.2) is 6.07 Å². The monoisotopic (exact) mass is 278 g/mol. The molecule has 5 heteroatoms. The van der Waals surface area contributed by atoms with E-state index in [1.54, 1.807) is 0 Å². The molecular weight excluding hydrogens is 252 g/mol. The molecule has 5 nitrogen and oxygen atoms in total. The maximum Gasteiger partial charge on any atom is 0.229 e. The van der Waals surface area contributed by atoms with Crippen LogP contribution < -0.4 is 15.0 Å². The highest BCUT2D eigenvalue weighted by molar-refractivity contribution is 5.36. The topological polar surface area (TPSA) is 50.3 Å². The zero-order valence-electron chi connectivity index (χ0n) is 12.9. The number of piperidine rings is 1. The van der Waals surface area contributed by atoms with E-state index >= 15 is 0 Å². The van der Waals surface area contributed by atoms with E-state index in [1.165, 1.54) is 12.8 Å². The quantitative estimate of drug-likeness (QED) is 0.864. The van der Waals surface area contributed by atoms with Gasteiger partial charge in [0.2, 0.25) is 11.8 Å². The van der Waals surface area contributed by atoms with Gasteiger partial charge < -0.3 is 15.0 Å². The zero-order valence-corrected chi connectivity index (χ0v) is 12.9. The van der Waals surface area contributed by atoms with Gasteiger partial charge in [-0.3, -0.25) is 0 Å². The van der Waals surface area contributed by atoms with Crippen molar-refractivity contribution >= 4 is 5.95 Å². The van der Waals surface area contributed by atoms with Gasteiger partial charge in [-0.05, 0) is 39.7 Å². The second-order valence-corrected chi connectivity index (χ2v) is 5.27. The first-order chi connectivity index (χ1) is 9.74. The molecule has 1 aromatic heterocycles. The third-order valence-corrected chi connectivity index (χ3v) is 3.54. The molecule has 2 rings (SSSR count). The highest BCUT2D eigenvalue weighted by atomic mass is 16.5. The molecule has 0 saturated carbocycles. The van der Waals surface area contributed by atoms with Crippen molar-refractivity contribution in [2.24, 2.45) is 0 Å². The minimum absolute atomic E-state index is 0.486. The van der Waals surface area contributed by atoms with Gasteiger partial charge in [0, 0.05) is 30.9 Å². The van der Waals surface area contributed by atoms with E-state index in [2.05, 4.69) is 27.1 Å². The number of aryl methyl sites for hydroxylation is 1. The lowest BCUT2D eigenvalue weighted by atomic mass is 10.1. The summed E-state index contributed by atoms with van der Waals surface area (Å²) in [5.74, 6) is 1.49. The van der Waals surface area contributed by atoms with Gasteiger partial charge in [-0.1, -0.05) is 6.92 Å². The molecule has 0 aliphatic carbocycles. The Morgan fingerprint density at radius 3 is 2.90 bits per heavy atom. The van der Waals surface area contributed by atoms with E-state index in [4.69, 9.17) is 4.74 Å². The summed E-state index contributed by atoms with van der Waals surface area (Å²) >= 11 is 0. The molecule has 0 spiro atoms. The molecule has 2 heterocycles. The molecule has 0 amide bonds. The summed E-state index contributed by atoms with van der Waals surface area (Å²) in [7, 11) is 0. The van der Waals surface area contributed by atoms with Crippen LogP contribution in [-0.4, -0.2) is 42.3 Å². The summed E-state index contributed by atoms with van der Waals surface area (Å²) in [6.07, 6.45) is 3.51. The molecule has 1 N–H and O–H groups in total. The van der Waals surface area contributed by atoms with Crippen LogP contribution in [0.1, 0.15) is 38.8 Å². The van der Waals surface area contributed by atoms with Crippen LogP contribution in [0.25, 0.3) is 0 Å². The Kier molecular flexibility index (Phi) is 5.59. The van der Waals surface area contributed by atoms with E-state index in [0.29, 0.717) is 18.5 Å². The van der Waals surface area contributed by atoms with E-state index in [1.807, 2.05) is 19.9 Å². The Morgan fingerprint density at radius 2 is 2.25 bits per heavy atom. The average Bonchev–Trinajstić information content (AvgIpc) is 2.45. The van der Waals surface area contributed by atoms with Gasteiger partial charge >= 0.3 is 0 Å². The predicted octanol–water partition coefficient (Wildman–Crippen LogP) is 2.15. The van der Waals surface area contributed by atoms with Crippen molar-refractivity contribution in [2.75, 3.05) is 31.1 Å². The average molecular weight is 278 g/mol. The van der Waals surface area contributed by atoms with Crippen LogP contribution in [-0.2, 0) is 0 Å². The van der Waals surface area contributed by atoms with Crippen LogP contribution in [0, 0.1) is 6.92 Å². The third-order valence-electron chi connectivity index (χ3n) is 3.54. The van der Waals surface area contributed by atoms with Gasteiger partial charge in [-0.15, -0.1) is 0 Å². The smallest absolute Gasteiger partial charge is 0.229 e. The number of hydrogen-bond donors (Lipinski definition) is 1. The van der Waals surface area contributed by atoms with Crippen molar-refractivity contribution in [3.63, 3.8) is 0 Å². The Bertz CT molecular complexity index is 418. The number of hydrogen-bond acceptors (Lipinski definition) is 5. The Hall–Kier alpha value is -1.36. The normalized spacial score (nSPS) is 18.9. The lowest BCUT2D eigenvalue weighted by molar-refractivity contribution is 0.325. The number of rotatable bonds is 6. The van der Waals surface area contributed by atoms with Crippen LogP contribution in [0.3, 0.4) is 0 Å². The van der Waals surface area contributed by atoms with Gasteiger partial charge in [0.1, 0.15) is 0 Å². The number of ether oxygens (including phenoxy) is 1. The number of aromatic nitrogens is 2. The minimum atomic E-state index is 0.486. The molecule has 0 aromatic carbocycles. The zero-order chi connectivity index (χ0) is 14.4. The lowest BCUT2D eigenvalue weighted by Crippen LogP contribution is -2.47. The second-order valence-electron chi connectivity index (χ2n) is 5.27. The van der Waals surface area contributed by atoms with Crippen LogP contribution in [0.4, 0.5) is 5.95 Å². The Labute approximate surface area is 121 Å². The first-order valence-corrected chi connectivity index (χ1v) is 7.70. The SMILES string of the molecule is CCCN(c1nc(C)cc(OCC)n1)C1CCCNC1. The standard InChI is InChI=1S/C15H26N4O/c1-4-9-19(13-7-6-8-16-11-13)15-17-12(3)10-14(18-15)20-5-2/h10,13,16H,4-9,11H2,1-3H3. The third kappa shape index (κ3) is 3.82. The van der Waals surface area contributed by atoms with Crippen molar-refractivity contribution in [3.8, 4) is 5.88 Å². The van der Waals surface area contributed by atoms with Crippen molar-refractivity contribution < 1.29 is 4.74 Å². The molecule has 1 aliphatic heterocycles. The van der Waals surface area contributed by atoms with Gasteiger partial charge in [0.05, 0.1) is 6.61 Å². The Balaban J connectivity index is 2.22.